The zero-order valence-electron chi connectivity index (χ0n) is 8.27. The van der Waals surface area contributed by atoms with Gasteiger partial charge in [-0.1, -0.05) is 30.3 Å². The van der Waals surface area contributed by atoms with E-state index >= 15 is 0 Å². The summed E-state index contributed by atoms with van der Waals surface area (Å²) in [5.41, 5.74) is 0.419. The third kappa shape index (κ3) is 1.66. The maximum atomic E-state index is 11.4. The maximum Gasteiger partial charge on any atom is 0.270 e. The Morgan fingerprint density at radius 2 is 1.94 bits per heavy atom. The molecular weight excluding hydrogens is 204 g/mol. The number of rotatable bonds is 1. The van der Waals surface area contributed by atoms with Gasteiger partial charge in [-0.25, -0.2) is 0 Å². The predicted octanol–water partition coefficient (Wildman–Crippen LogP) is 1.62. The van der Waals surface area contributed by atoms with Gasteiger partial charge in [0.15, 0.2) is 5.56 Å². The Kier molecular flexibility index (Phi) is 2.44. The van der Waals surface area contributed by atoms with Crippen molar-refractivity contribution in [2.45, 2.75) is 0 Å². The molecule has 0 unspecified atom stereocenters. The first-order valence-electron chi connectivity index (χ1n) is 4.64. The van der Waals surface area contributed by atoms with Crippen LogP contribution in [0.2, 0.25) is 0 Å². The van der Waals surface area contributed by atoms with Crippen LogP contribution in [0.1, 0.15) is 5.56 Å². The van der Waals surface area contributed by atoms with Crippen LogP contribution in [-0.4, -0.2) is 10.1 Å². The minimum absolute atomic E-state index is 0.264. The Hall–Kier alpha value is -2.54. The molecule has 1 heterocycles. The molecule has 0 radical (unpaired) electrons. The van der Waals surface area contributed by atoms with E-state index in [0.29, 0.717) is 5.69 Å². The molecule has 4 heteroatoms. The van der Waals surface area contributed by atoms with E-state index in [1.54, 1.807) is 18.2 Å². The van der Waals surface area contributed by atoms with Crippen molar-refractivity contribution in [1.82, 2.24) is 4.98 Å². The Morgan fingerprint density at radius 1 is 1.25 bits per heavy atom. The summed E-state index contributed by atoms with van der Waals surface area (Å²) in [7, 11) is 0. The van der Waals surface area contributed by atoms with Crippen LogP contribution in [0, 0.1) is 11.3 Å². The van der Waals surface area contributed by atoms with Gasteiger partial charge in [0.1, 0.15) is 11.8 Å². The third-order valence-corrected chi connectivity index (χ3v) is 2.21. The monoisotopic (exact) mass is 212 g/mol. The Morgan fingerprint density at radius 3 is 2.50 bits per heavy atom. The summed E-state index contributed by atoms with van der Waals surface area (Å²) >= 11 is 0. The molecule has 0 aliphatic heterocycles. The first-order chi connectivity index (χ1) is 7.72. The van der Waals surface area contributed by atoms with Gasteiger partial charge in [0, 0.05) is 6.07 Å². The quantitative estimate of drug-likeness (QED) is 0.754. The summed E-state index contributed by atoms with van der Waals surface area (Å²) in [6, 6.07) is 12.1. The largest absolute Gasteiger partial charge is 0.506 e. The van der Waals surface area contributed by atoms with Crippen LogP contribution in [0.25, 0.3) is 11.3 Å². The summed E-state index contributed by atoms with van der Waals surface area (Å²) in [5, 5.41) is 18.1. The van der Waals surface area contributed by atoms with Crippen LogP contribution in [0.4, 0.5) is 0 Å². The van der Waals surface area contributed by atoms with E-state index in [1.807, 2.05) is 18.2 Å². The van der Waals surface area contributed by atoms with E-state index in [9.17, 15) is 9.90 Å². The first kappa shape index (κ1) is 9.99. The van der Waals surface area contributed by atoms with Gasteiger partial charge in [-0.3, -0.25) is 4.79 Å². The van der Waals surface area contributed by atoms with Gasteiger partial charge in [-0.15, -0.1) is 0 Å². The molecule has 0 atom stereocenters. The third-order valence-electron chi connectivity index (χ3n) is 2.21. The Labute approximate surface area is 91.4 Å². The number of hydrogen-bond acceptors (Lipinski definition) is 3. The molecule has 0 fully saturated rings. The molecule has 0 saturated heterocycles. The molecule has 0 saturated carbocycles. The molecule has 2 aromatic rings. The van der Waals surface area contributed by atoms with Crippen LogP contribution in [0.5, 0.6) is 5.75 Å². The Balaban J connectivity index is 2.63. The van der Waals surface area contributed by atoms with Gasteiger partial charge >= 0.3 is 0 Å². The smallest absolute Gasteiger partial charge is 0.270 e. The van der Waals surface area contributed by atoms with Gasteiger partial charge in [0.25, 0.3) is 5.56 Å². The highest BCUT2D eigenvalue weighted by molar-refractivity contribution is 5.62. The lowest BCUT2D eigenvalue weighted by molar-refractivity contribution is 0.472. The van der Waals surface area contributed by atoms with Crippen molar-refractivity contribution in [1.29, 1.82) is 5.26 Å². The van der Waals surface area contributed by atoms with Gasteiger partial charge in [0.05, 0.1) is 5.69 Å². The lowest BCUT2D eigenvalue weighted by atomic mass is 10.1. The maximum absolute atomic E-state index is 11.4. The van der Waals surface area contributed by atoms with Gasteiger partial charge in [0.2, 0.25) is 0 Å². The number of aromatic amines is 1. The summed E-state index contributed by atoms with van der Waals surface area (Å²) in [5.74, 6) is -0.301. The summed E-state index contributed by atoms with van der Waals surface area (Å²) in [6.45, 7) is 0. The van der Waals surface area contributed by atoms with Crippen molar-refractivity contribution in [2.24, 2.45) is 0 Å². The van der Waals surface area contributed by atoms with Crippen molar-refractivity contribution >= 4 is 0 Å². The SMILES string of the molecule is N#Cc1c(O)cc(-c2ccccc2)[nH]c1=O. The minimum Gasteiger partial charge on any atom is -0.506 e. The van der Waals surface area contributed by atoms with Gasteiger partial charge in [-0.05, 0) is 5.56 Å². The normalized spacial score (nSPS) is 9.69. The highest BCUT2D eigenvalue weighted by atomic mass is 16.3. The van der Waals surface area contributed by atoms with Crippen molar-refractivity contribution in [3.63, 3.8) is 0 Å². The fraction of sp³-hybridized carbons (Fsp3) is 0. The summed E-state index contributed by atoms with van der Waals surface area (Å²) in [4.78, 5) is 14.0. The number of hydrogen-bond donors (Lipinski definition) is 2. The fourth-order valence-corrected chi connectivity index (χ4v) is 1.43. The number of nitrogens with one attached hydrogen (secondary N) is 1. The van der Waals surface area contributed by atoms with Crippen LogP contribution in [0.3, 0.4) is 0 Å². The van der Waals surface area contributed by atoms with Gasteiger partial charge < -0.3 is 10.1 Å². The van der Waals surface area contributed by atoms with E-state index in [0.717, 1.165) is 5.56 Å². The predicted molar refractivity (Wildman–Crippen MR) is 58.9 cm³/mol. The van der Waals surface area contributed by atoms with E-state index in [1.165, 1.54) is 6.07 Å². The number of H-pyrrole nitrogens is 1. The van der Waals surface area contributed by atoms with E-state index < -0.39 is 5.56 Å². The second-order valence-electron chi connectivity index (χ2n) is 3.25. The highest BCUT2D eigenvalue weighted by Crippen LogP contribution is 2.20. The second kappa shape index (κ2) is 3.91. The van der Waals surface area contributed by atoms with Crippen LogP contribution < -0.4 is 5.56 Å². The van der Waals surface area contributed by atoms with E-state index in [-0.39, 0.29) is 11.3 Å². The standard InChI is InChI=1S/C12H8N2O2/c13-7-9-11(15)6-10(14-12(9)16)8-4-2-1-3-5-8/h1-6H,(H2,14,15,16). The van der Waals surface area contributed by atoms with Crippen molar-refractivity contribution in [2.75, 3.05) is 0 Å². The molecule has 2 rings (SSSR count). The average Bonchev–Trinajstić information content (AvgIpc) is 2.30. The molecule has 16 heavy (non-hydrogen) atoms. The average molecular weight is 212 g/mol. The molecule has 0 aliphatic carbocycles. The molecule has 0 aliphatic rings. The molecule has 4 nitrogen and oxygen atoms in total. The van der Waals surface area contributed by atoms with Crippen molar-refractivity contribution in [3.8, 4) is 23.1 Å². The number of aromatic nitrogens is 1. The second-order valence-corrected chi connectivity index (χ2v) is 3.25. The first-order valence-corrected chi connectivity index (χ1v) is 4.64. The van der Waals surface area contributed by atoms with Crippen molar-refractivity contribution < 1.29 is 5.11 Å². The molecule has 0 bridgehead atoms. The summed E-state index contributed by atoms with van der Waals surface area (Å²) in [6.07, 6.45) is 0. The topological polar surface area (TPSA) is 76.9 Å². The van der Waals surface area contributed by atoms with Crippen LogP contribution in [-0.2, 0) is 0 Å². The molecule has 1 aromatic heterocycles. The summed E-state index contributed by atoms with van der Waals surface area (Å²) < 4.78 is 0. The highest BCUT2D eigenvalue weighted by Gasteiger charge is 2.08. The Bertz CT molecular complexity index is 609. The van der Waals surface area contributed by atoms with Crippen molar-refractivity contribution in [3.05, 3.63) is 52.3 Å². The van der Waals surface area contributed by atoms with E-state index in [4.69, 9.17) is 5.26 Å². The fourth-order valence-electron chi connectivity index (χ4n) is 1.43. The number of pyridine rings is 1. The molecule has 78 valence electrons. The lowest BCUT2D eigenvalue weighted by Gasteiger charge is -2.02. The number of aromatic hydroxyl groups is 1. The molecule has 1 aromatic carbocycles. The zero-order valence-corrected chi connectivity index (χ0v) is 8.27. The van der Waals surface area contributed by atoms with E-state index in [2.05, 4.69) is 4.98 Å². The molecule has 0 spiro atoms. The van der Waals surface area contributed by atoms with Crippen LogP contribution >= 0.6 is 0 Å². The lowest BCUT2D eigenvalue weighted by Crippen LogP contribution is -2.10. The molecule has 2 N–H and O–H groups in total. The van der Waals surface area contributed by atoms with Crippen LogP contribution in [0.15, 0.2) is 41.2 Å². The molecule has 0 amide bonds. The molecular formula is C12H8N2O2. The number of nitriles is 1. The minimum atomic E-state index is -0.582. The number of benzene rings is 1. The van der Waals surface area contributed by atoms with Gasteiger partial charge in [-0.2, -0.15) is 5.26 Å². The zero-order chi connectivity index (χ0) is 11.5. The number of nitrogens with zero attached hydrogens (tertiary/aromatic N) is 1.